The second-order valence-electron chi connectivity index (χ2n) is 3.69. The van der Waals surface area contributed by atoms with Gasteiger partial charge in [-0.3, -0.25) is 4.79 Å². The lowest BCUT2D eigenvalue weighted by Crippen LogP contribution is -2.33. The predicted octanol–water partition coefficient (Wildman–Crippen LogP) is 2.25. The Morgan fingerprint density at radius 3 is 2.54 bits per heavy atom. The van der Waals surface area contributed by atoms with E-state index >= 15 is 0 Å². The summed E-state index contributed by atoms with van der Waals surface area (Å²) in [5.41, 5.74) is 0. The van der Waals surface area contributed by atoms with Crippen molar-refractivity contribution in [3.8, 4) is 0 Å². The lowest BCUT2D eigenvalue weighted by molar-refractivity contribution is -0.121. The largest absolute Gasteiger partial charge is 0.354 e. The summed E-state index contributed by atoms with van der Waals surface area (Å²) in [5.74, 6) is 1.43. The molecule has 2 unspecified atom stereocenters. The second kappa shape index (κ2) is 7.25. The molecular formula is C10H21NOS. The van der Waals surface area contributed by atoms with Crippen LogP contribution in [0.1, 0.15) is 40.0 Å². The molecule has 0 radical (unpaired) electrons. The van der Waals surface area contributed by atoms with Crippen LogP contribution in [-0.4, -0.2) is 17.7 Å². The van der Waals surface area contributed by atoms with Gasteiger partial charge in [0.25, 0.3) is 0 Å². The van der Waals surface area contributed by atoms with Gasteiger partial charge < -0.3 is 5.32 Å². The van der Waals surface area contributed by atoms with Crippen molar-refractivity contribution in [2.75, 3.05) is 5.75 Å². The van der Waals surface area contributed by atoms with E-state index in [0.717, 1.165) is 6.42 Å². The highest BCUT2D eigenvalue weighted by atomic mass is 32.1. The lowest BCUT2D eigenvalue weighted by atomic mass is 10.0. The van der Waals surface area contributed by atoms with Crippen LogP contribution in [-0.2, 0) is 4.79 Å². The molecule has 0 aromatic heterocycles. The van der Waals surface area contributed by atoms with Gasteiger partial charge in [0.1, 0.15) is 0 Å². The zero-order valence-electron chi connectivity index (χ0n) is 8.84. The fourth-order valence-corrected chi connectivity index (χ4v) is 1.48. The van der Waals surface area contributed by atoms with Gasteiger partial charge in [-0.05, 0) is 25.0 Å². The van der Waals surface area contributed by atoms with Gasteiger partial charge in [0.15, 0.2) is 0 Å². The Labute approximate surface area is 86.9 Å². The molecule has 0 saturated carbocycles. The third-order valence-electron chi connectivity index (χ3n) is 2.20. The molecule has 1 amide bonds. The average Bonchev–Trinajstić information content (AvgIpc) is 2.04. The molecule has 0 saturated heterocycles. The van der Waals surface area contributed by atoms with E-state index in [0.29, 0.717) is 24.1 Å². The lowest BCUT2D eigenvalue weighted by Gasteiger charge is -2.17. The molecule has 13 heavy (non-hydrogen) atoms. The van der Waals surface area contributed by atoms with E-state index in [2.05, 4.69) is 38.7 Å². The Morgan fingerprint density at radius 1 is 1.46 bits per heavy atom. The monoisotopic (exact) mass is 203 g/mol. The minimum Gasteiger partial charge on any atom is -0.354 e. The van der Waals surface area contributed by atoms with Crippen LogP contribution in [0.15, 0.2) is 0 Å². The minimum atomic E-state index is 0.116. The zero-order valence-corrected chi connectivity index (χ0v) is 9.73. The Morgan fingerprint density at radius 2 is 2.08 bits per heavy atom. The maximum Gasteiger partial charge on any atom is 0.221 e. The summed E-state index contributed by atoms with van der Waals surface area (Å²) < 4.78 is 0. The first-order chi connectivity index (χ1) is 6.10. The molecule has 0 fully saturated rings. The summed E-state index contributed by atoms with van der Waals surface area (Å²) in [6, 6.07) is 0.294. The number of amides is 1. The normalized spacial score (nSPS) is 15.1. The molecule has 0 aliphatic carbocycles. The number of carbonyl (C=O) groups is 1. The van der Waals surface area contributed by atoms with Crippen LogP contribution in [0.2, 0.25) is 0 Å². The average molecular weight is 203 g/mol. The first-order valence-electron chi connectivity index (χ1n) is 5.00. The molecular weight excluding hydrogens is 182 g/mol. The Hall–Kier alpha value is -0.180. The molecule has 2 atom stereocenters. The molecule has 0 heterocycles. The summed E-state index contributed by atoms with van der Waals surface area (Å²) in [5, 5.41) is 2.96. The third-order valence-corrected chi connectivity index (χ3v) is 2.42. The number of nitrogens with one attached hydrogen (secondary N) is 1. The van der Waals surface area contributed by atoms with E-state index in [1.54, 1.807) is 0 Å². The maximum atomic E-state index is 11.2. The summed E-state index contributed by atoms with van der Waals surface area (Å²) in [6.45, 7) is 6.44. The molecule has 2 nitrogen and oxygen atoms in total. The van der Waals surface area contributed by atoms with Gasteiger partial charge in [-0.25, -0.2) is 0 Å². The molecule has 3 heteroatoms. The van der Waals surface area contributed by atoms with E-state index in [4.69, 9.17) is 0 Å². The highest BCUT2D eigenvalue weighted by Gasteiger charge is 2.09. The van der Waals surface area contributed by atoms with Gasteiger partial charge in [-0.15, -0.1) is 0 Å². The molecule has 0 aromatic carbocycles. The van der Waals surface area contributed by atoms with Gasteiger partial charge >= 0.3 is 0 Å². The van der Waals surface area contributed by atoms with Gasteiger partial charge in [0.2, 0.25) is 5.91 Å². The zero-order chi connectivity index (χ0) is 10.3. The van der Waals surface area contributed by atoms with E-state index < -0.39 is 0 Å². The molecule has 1 N–H and O–H groups in total. The van der Waals surface area contributed by atoms with Crippen LogP contribution in [0.3, 0.4) is 0 Å². The first-order valence-corrected chi connectivity index (χ1v) is 5.63. The fraction of sp³-hybridized carbons (Fsp3) is 0.900. The third kappa shape index (κ3) is 6.94. The van der Waals surface area contributed by atoms with Crippen molar-refractivity contribution in [2.45, 2.75) is 46.1 Å². The van der Waals surface area contributed by atoms with Crippen molar-refractivity contribution in [3.63, 3.8) is 0 Å². The maximum absolute atomic E-state index is 11.2. The van der Waals surface area contributed by atoms with Crippen LogP contribution in [0.5, 0.6) is 0 Å². The van der Waals surface area contributed by atoms with E-state index in [1.807, 2.05) is 0 Å². The molecule has 0 rings (SSSR count). The quantitative estimate of drug-likeness (QED) is 0.637. The van der Waals surface area contributed by atoms with Crippen LogP contribution in [0.4, 0.5) is 0 Å². The predicted molar refractivity (Wildman–Crippen MR) is 60.1 cm³/mol. The summed E-state index contributed by atoms with van der Waals surface area (Å²) in [6.07, 6.45) is 2.76. The molecule has 0 aliphatic rings. The number of hydrogen-bond acceptors (Lipinski definition) is 2. The summed E-state index contributed by atoms with van der Waals surface area (Å²) in [7, 11) is 0. The topological polar surface area (TPSA) is 29.1 Å². The van der Waals surface area contributed by atoms with Gasteiger partial charge in [-0.2, -0.15) is 12.6 Å². The van der Waals surface area contributed by atoms with Crippen molar-refractivity contribution < 1.29 is 4.79 Å². The Balaban J connectivity index is 3.60. The fourth-order valence-electron chi connectivity index (χ4n) is 1.28. The summed E-state index contributed by atoms with van der Waals surface area (Å²) >= 11 is 4.01. The molecule has 0 bridgehead atoms. The van der Waals surface area contributed by atoms with Crippen molar-refractivity contribution >= 4 is 18.5 Å². The van der Waals surface area contributed by atoms with Gasteiger partial charge in [0, 0.05) is 12.5 Å². The van der Waals surface area contributed by atoms with Crippen molar-refractivity contribution in [1.29, 1.82) is 0 Å². The number of rotatable bonds is 6. The molecule has 0 spiro atoms. The van der Waals surface area contributed by atoms with Crippen LogP contribution in [0.25, 0.3) is 0 Å². The highest BCUT2D eigenvalue weighted by Crippen LogP contribution is 2.09. The standard InChI is InChI=1S/C10H21NOS/c1-4-8(2)7-9(3)11-10(12)5-6-13/h8-9,13H,4-7H2,1-3H3,(H,11,12). The first kappa shape index (κ1) is 12.8. The van der Waals surface area contributed by atoms with Crippen molar-refractivity contribution in [1.82, 2.24) is 5.32 Å². The SMILES string of the molecule is CCC(C)CC(C)NC(=O)CCS. The van der Waals surface area contributed by atoms with Gasteiger partial charge in [-0.1, -0.05) is 20.3 Å². The van der Waals surface area contributed by atoms with Gasteiger partial charge in [0.05, 0.1) is 0 Å². The molecule has 78 valence electrons. The summed E-state index contributed by atoms with van der Waals surface area (Å²) in [4.78, 5) is 11.2. The number of hydrogen-bond donors (Lipinski definition) is 2. The van der Waals surface area contributed by atoms with Crippen molar-refractivity contribution in [2.24, 2.45) is 5.92 Å². The van der Waals surface area contributed by atoms with Crippen LogP contribution < -0.4 is 5.32 Å². The molecule has 0 aliphatic heterocycles. The minimum absolute atomic E-state index is 0.116. The van der Waals surface area contributed by atoms with E-state index in [-0.39, 0.29) is 5.91 Å². The van der Waals surface area contributed by atoms with Crippen LogP contribution >= 0.6 is 12.6 Å². The molecule has 0 aromatic rings. The van der Waals surface area contributed by atoms with E-state index in [1.165, 1.54) is 6.42 Å². The van der Waals surface area contributed by atoms with Crippen LogP contribution in [0, 0.1) is 5.92 Å². The number of thiol groups is 1. The highest BCUT2D eigenvalue weighted by molar-refractivity contribution is 7.80. The van der Waals surface area contributed by atoms with Crippen molar-refractivity contribution in [3.05, 3.63) is 0 Å². The second-order valence-corrected chi connectivity index (χ2v) is 4.14. The Bertz CT molecular complexity index is 150. The smallest absolute Gasteiger partial charge is 0.221 e. The Kier molecular flexibility index (Phi) is 7.14. The van der Waals surface area contributed by atoms with E-state index in [9.17, 15) is 4.79 Å². The number of carbonyl (C=O) groups excluding carboxylic acids is 1.